The number of amides is 1. The zero-order valence-electron chi connectivity index (χ0n) is 16.6. The lowest BCUT2D eigenvalue weighted by Gasteiger charge is -2.21. The third-order valence-corrected chi connectivity index (χ3v) is 7.14. The van der Waals surface area contributed by atoms with E-state index in [0.717, 1.165) is 0 Å². The summed E-state index contributed by atoms with van der Waals surface area (Å²) in [6.45, 7) is 4.73. The van der Waals surface area contributed by atoms with Crippen molar-refractivity contribution >= 4 is 39.1 Å². The van der Waals surface area contributed by atoms with E-state index in [4.69, 9.17) is 27.9 Å². The van der Waals surface area contributed by atoms with E-state index in [1.54, 1.807) is 45.2 Å². The van der Waals surface area contributed by atoms with Crippen LogP contribution in [0, 0.1) is 0 Å². The van der Waals surface area contributed by atoms with Gasteiger partial charge in [-0.1, -0.05) is 37.0 Å². The number of nitrogens with zero attached hydrogens (tertiary/aromatic N) is 2. The van der Waals surface area contributed by atoms with Gasteiger partial charge in [0.15, 0.2) is 0 Å². The summed E-state index contributed by atoms with van der Waals surface area (Å²) in [6.07, 6.45) is 0. The second-order valence-electron chi connectivity index (χ2n) is 6.26. The maximum absolute atomic E-state index is 12.8. The Hall–Kier alpha value is -1.80. The molecule has 2 aromatic rings. The van der Waals surface area contributed by atoms with Crippen LogP contribution in [0.25, 0.3) is 0 Å². The fourth-order valence-corrected chi connectivity index (χ4v) is 4.77. The minimum atomic E-state index is -3.77. The van der Waals surface area contributed by atoms with Gasteiger partial charge in [0.2, 0.25) is 10.0 Å². The van der Waals surface area contributed by atoms with Crippen molar-refractivity contribution in [3.8, 4) is 5.75 Å². The Morgan fingerprint density at radius 2 is 1.66 bits per heavy atom. The van der Waals surface area contributed by atoms with Gasteiger partial charge in [0.25, 0.3) is 5.91 Å². The van der Waals surface area contributed by atoms with Crippen LogP contribution in [-0.2, 0) is 10.0 Å². The van der Waals surface area contributed by atoms with E-state index in [1.807, 2.05) is 0 Å². The Morgan fingerprint density at radius 1 is 1.03 bits per heavy atom. The molecule has 6 nitrogen and oxygen atoms in total. The molecule has 158 valence electrons. The number of sulfonamides is 1. The molecule has 0 radical (unpaired) electrons. The van der Waals surface area contributed by atoms with Crippen LogP contribution in [0.4, 0.5) is 0 Å². The van der Waals surface area contributed by atoms with Gasteiger partial charge in [-0.25, -0.2) is 8.42 Å². The Kier molecular flexibility index (Phi) is 8.34. The van der Waals surface area contributed by atoms with Gasteiger partial charge in [0.1, 0.15) is 17.3 Å². The molecule has 0 spiro atoms. The van der Waals surface area contributed by atoms with E-state index in [0.29, 0.717) is 30.4 Å². The molecular weight excluding hydrogens is 435 g/mol. The lowest BCUT2D eigenvalue weighted by molar-refractivity contribution is 0.0773. The molecule has 0 heterocycles. The highest BCUT2D eigenvalue weighted by molar-refractivity contribution is 7.89. The van der Waals surface area contributed by atoms with E-state index in [2.05, 4.69) is 0 Å². The van der Waals surface area contributed by atoms with Crippen molar-refractivity contribution in [1.29, 1.82) is 0 Å². The maximum atomic E-state index is 12.8. The van der Waals surface area contributed by atoms with Crippen LogP contribution in [0.3, 0.4) is 0 Å². The van der Waals surface area contributed by atoms with Gasteiger partial charge < -0.3 is 9.64 Å². The fraction of sp³-hybridized carbons (Fsp3) is 0.350. The van der Waals surface area contributed by atoms with Crippen LogP contribution in [-0.4, -0.2) is 56.8 Å². The van der Waals surface area contributed by atoms with Crippen molar-refractivity contribution < 1.29 is 17.9 Å². The zero-order valence-corrected chi connectivity index (χ0v) is 18.9. The lowest BCUT2D eigenvalue weighted by Crippen LogP contribution is -2.32. The predicted molar refractivity (Wildman–Crippen MR) is 115 cm³/mol. The summed E-state index contributed by atoms with van der Waals surface area (Å²) in [6, 6.07) is 11.2. The first-order valence-corrected chi connectivity index (χ1v) is 11.3. The van der Waals surface area contributed by atoms with E-state index in [1.165, 1.54) is 27.4 Å². The van der Waals surface area contributed by atoms with E-state index < -0.39 is 10.0 Å². The van der Waals surface area contributed by atoms with Crippen LogP contribution in [0.15, 0.2) is 47.4 Å². The summed E-state index contributed by atoms with van der Waals surface area (Å²) in [5.74, 6) is 0.326. The third-order valence-electron chi connectivity index (χ3n) is 4.36. The maximum Gasteiger partial charge on any atom is 0.253 e. The van der Waals surface area contributed by atoms with Crippen LogP contribution in [0.2, 0.25) is 10.0 Å². The Labute approximate surface area is 182 Å². The molecule has 0 aliphatic heterocycles. The Bertz CT molecular complexity index is 945. The third kappa shape index (κ3) is 5.85. The molecule has 2 aromatic carbocycles. The van der Waals surface area contributed by atoms with Gasteiger partial charge in [-0.3, -0.25) is 4.79 Å². The van der Waals surface area contributed by atoms with Gasteiger partial charge >= 0.3 is 0 Å². The van der Waals surface area contributed by atoms with E-state index in [-0.39, 0.29) is 28.0 Å². The summed E-state index contributed by atoms with van der Waals surface area (Å²) in [4.78, 5) is 14.1. The molecule has 0 aliphatic rings. The average Bonchev–Trinajstić information content (AvgIpc) is 2.69. The molecule has 2 rings (SSSR count). The van der Waals surface area contributed by atoms with Crippen molar-refractivity contribution in [2.75, 3.05) is 33.3 Å². The number of carbonyl (C=O) groups excluding carboxylic acids is 1. The topological polar surface area (TPSA) is 66.9 Å². The normalized spacial score (nSPS) is 11.5. The van der Waals surface area contributed by atoms with Crippen molar-refractivity contribution in [3.05, 3.63) is 58.1 Å². The molecule has 0 aromatic heterocycles. The van der Waals surface area contributed by atoms with Gasteiger partial charge in [-0.05, 0) is 42.5 Å². The molecule has 0 fully saturated rings. The van der Waals surface area contributed by atoms with Crippen LogP contribution < -0.4 is 4.74 Å². The van der Waals surface area contributed by atoms with Crippen molar-refractivity contribution in [2.45, 2.75) is 18.7 Å². The molecule has 0 saturated heterocycles. The minimum Gasteiger partial charge on any atom is -0.492 e. The largest absolute Gasteiger partial charge is 0.492 e. The second kappa shape index (κ2) is 10.3. The highest BCUT2D eigenvalue weighted by Gasteiger charge is 2.26. The molecule has 29 heavy (non-hydrogen) atoms. The second-order valence-corrected chi connectivity index (χ2v) is 9.01. The summed E-state index contributed by atoms with van der Waals surface area (Å²) in [5, 5.41) is 0.699. The average molecular weight is 459 g/mol. The van der Waals surface area contributed by atoms with Crippen LogP contribution in [0.1, 0.15) is 24.2 Å². The van der Waals surface area contributed by atoms with Crippen molar-refractivity contribution in [1.82, 2.24) is 9.21 Å². The summed E-state index contributed by atoms with van der Waals surface area (Å²) in [7, 11) is -2.15. The molecular formula is C20H24Cl2N2O4S. The van der Waals surface area contributed by atoms with Crippen LogP contribution in [0.5, 0.6) is 5.75 Å². The summed E-state index contributed by atoms with van der Waals surface area (Å²) in [5.41, 5.74) is 0.245. The first-order chi connectivity index (χ1) is 13.7. The van der Waals surface area contributed by atoms with Crippen molar-refractivity contribution in [2.24, 2.45) is 0 Å². The number of ether oxygens (including phenoxy) is 1. The lowest BCUT2D eigenvalue weighted by atomic mass is 10.2. The summed E-state index contributed by atoms with van der Waals surface area (Å²) < 4.78 is 32.5. The van der Waals surface area contributed by atoms with Crippen molar-refractivity contribution in [3.63, 3.8) is 0 Å². The molecule has 9 heteroatoms. The number of carbonyl (C=O) groups is 1. The Balaban J connectivity index is 2.11. The molecule has 0 unspecified atom stereocenters. The predicted octanol–water partition coefficient (Wildman–Crippen LogP) is 4.17. The number of hydrogen-bond donors (Lipinski definition) is 0. The van der Waals surface area contributed by atoms with Gasteiger partial charge in [0.05, 0.1) is 11.6 Å². The quantitative estimate of drug-likeness (QED) is 0.565. The van der Waals surface area contributed by atoms with Crippen LogP contribution >= 0.6 is 23.2 Å². The molecule has 0 saturated carbocycles. The minimum absolute atomic E-state index is 0.0699. The molecule has 0 N–H and O–H groups in total. The number of rotatable bonds is 9. The van der Waals surface area contributed by atoms with E-state index >= 15 is 0 Å². The highest BCUT2D eigenvalue weighted by atomic mass is 35.5. The number of halogens is 2. The molecule has 0 atom stereocenters. The van der Waals surface area contributed by atoms with E-state index in [9.17, 15) is 13.2 Å². The van der Waals surface area contributed by atoms with Gasteiger partial charge in [-0.2, -0.15) is 4.31 Å². The smallest absolute Gasteiger partial charge is 0.253 e. The van der Waals surface area contributed by atoms with Gasteiger partial charge in [-0.15, -0.1) is 0 Å². The Morgan fingerprint density at radius 3 is 2.24 bits per heavy atom. The first-order valence-electron chi connectivity index (χ1n) is 9.14. The number of likely N-dealkylation sites (N-methyl/N-ethyl adjacent to an activating group) is 1. The monoisotopic (exact) mass is 458 g/mol. The number of hydrogen-bond acceptors (Lipinski definition) is 4. The highest BCUT2D eigenvalue weighted by Crippen LogP contribution is 2.26. The molecule has 0 aliphatic carbocycles. The fourth-order valence-electron chi connectivity index (χ4n) is 2.69. The first kappa shape index (κ1) is 23.5. The number of benzene rings is 2. The molecule has 0 bridgehead atoms. The molecule has 1 amide bonds. The zero-order chi connectivity index (χ0) is 21.6. The van der Waals surface area contributed by atoms with Gasteiger partial charge in [0, 0.05) is 30.7 Å². The summed E-state index contributed by atoms with van der Waals surface area (Å²) >= 11 is 12.0. The SMILES string of the molecule is CCN(CC)S(=O)(=O)c1cc(C(=O)N(C)CCOc2ccc(Cl)cc2)ccc1Cl. The standard InChI is InChI=1S/C20H24Cl2N2O4S/c1-4-24(5-2)29(26,27)19-14-15(6-11-18(19)22)20(25)23(3)12-13-28-17-9-7-16(21)8-10-17/h6-11,14H,4-5,12-13H2,1-3H3.